The van der Waals surface area contributed by atoms with Crippen molar-refractivity contribution in [2.75, 3.05) is 6.61 Å². The summed E-state index contributed by atoms with van der Waals surface area (Å²) in [4.78, 5) is 13.7. The van der Waals surface area contributed by atoms with Crippen molar-refractivity contribution in [1.29, 1.82) is 0 Å². The topological polar surface area (TPSA) is 35.5 Å². The molecule has 0 amide bonds. The first-order valence-electron chi connectivity index (χ1n) is 12.7. The molecule has 0 aliphatic heterocycles. The average Bonchev–Trinajstić information content (AvgIpc) is 2.91. The Morgan fingerprint density at radius 2 is 1.22 bits per heavy atom. The number of esters is 1. The van der Waals surface area contributed by atoms with Gasteiger partial charge in [0.25, 0.3) is 0 Å². The first-order valence-corrected chi connectivity index (χ1v) is 13.9. The van der Waals surface area contributed by atoms with Crippen LogP contribution in [0, 0.1) is 23.3 Å². The minimum Gasteiger partial charge on any atom is -0.482 e. The second-order valence-electron chi connectivity index (χ2n) is 9.79. The van der Waals surface area contributed by atoms with Crippen molar-refractivity contribution < 1.29 is 31.8 Å². The molecule has 0 bridgehead atoms. The molecule has 0 fully saturated rings. The molecule has 0 heterocycles. The van der Waals surface area contributed by atoms with Gasteiger partial charge in [0, 0.05) is 42.0 Å². The average molecular weight is 578 g/mol. The van der Waals surface area contributed by atoms with Crippen LogP contribution in [0.5, 0.6) is 5.75 Å². The molecule has 208 valence electrons. The molecule has 8 heteroatoms. The molecule has 0 saturated heterocycles. The summed E-state index contributed by atoms with van der Waals surface area (Å²) < 4.78 is 67.7. The van der Waals surface area contributed by atoms with Crippen LogP contribution in [0.15, 0.2) is 118 Å². The van der Waals surface area contributed by atoms with Gasteiger partial charge in [0.05, 0.1) is 10.9 Å². The molecule has 41 heavy (non-hydrogen) atoms. The van der Waals surface area contributed by atoms with Gasteiger partial charge >= 0.3 is 5.97 Å². The zero-order valence-corrected chi connectivity index (χ0v) is 23.0. The molecule has 0 unspecified atom stereocenters. The SMILES string of the molecule is CC(C)(OC(=O)COc1ccc([S+](c2cc(F)cc(F)c2)c2cc(F)cc(F)c2)cc1)c1cccc2ccccc12. The van der Waals surface area contributed by atoms with E-state index >= 15 is 0 Å². The number of halogens is 4. The highest BCUT2D eigenvalue weighted by Crippen LogP contribution is 2.34. The van der Waals surface area contributed by atoms with Crippen molar-refractivity contribution in [2.24, 2.45) is 0 Å². The lowest BCUT2D eigenvalue weighted by molar-refractivity contribution is -0.159. The number of hydrogen-bond acceptors (Lipinski definition) is 3. The van der Waals surface area contributed by atoms with E-state index in [9.17, 15) is 22.4 Å². The molecule has 0 aliphatic carbocycles. The predicted octanol–water partition coefficient (Wildman–Crippen LogP) is 8.35. The van der Waals surface area contributed by atoms with E-state index in [4.69, 9.17) is 9.47 Å². The molecule has 5 aromatic carbocycles. The van der Waals surface area contributed by atoms with E-state index in [-0.39, 0.29) is 16.4 Å². The molecule has 0 N–H and O–H groups in total. The Bertz CT molecular complexity index is 1620. The first kappa shape index (κ1) is 28.2. The summed E-state index contributed by atoms with van der Waals surface area (Å²) >= 11 is 0. The Hall–Kier alpha value is -4.30. The third kappa shape index (κ3) is 6.55. The number of hydrogen-bond donors (Lipinski definition) is 0. The monoisotopic (exact) mass is 577 g/mol. The van der Waals surface area contributed by atoms with Gasteiger partial charge in [-0.05, 0) is 48.9 Å². The lowest BCUT2D eigenvalue weighted by atomic mass is 9.92. The van der Waals surface area contributed by atoms with E-state index in [1.54, 1.807) is 24.3 Å². The van der Waals surface area contributed by atoms with E-state index in [0.717, 1.165) is 52.7 Å². The Kier molecular flexibility index (Phi) is 8.03. The Morgan fingerprint density at radius 3 is 1.80 bits per heavy atom. The molecule has 5 rings (SSSR count). The minimum atomic E-state index is -1.23. The minimum absolute atomic E-state index is 0.209. The highest BCUT2D eigenvalue weighted by atomic mass is 32.2. The van der Waals surface area contributed by atoms with Gasteiger partial charge < -0.3 is 9.47 Å². The highest BCUT2D eigenvalue weighted by Gasteiger charge is 2.32. The van der Waals surface area contributed by atoms with Gasteiger partial charge in [-0.1, -0.05) is 42.5 Å². The second kappa shape index (κ2) is 11.7. The summed E-state index contributed by atoms with van der Waals surface area (Å²) in [6.07, 6.45) is 0. The number of ether oxygens (including phenoxy) is 2. The molecule has 0 radical (unpaired) electrons. The summed E-state index contributed by atoms with van der Waals surface area (Å²) in [6.45, 7) is 3.27. The van der Waals surface area contributed by atoms with E-state index in [2.05, 4.69) is 0 Å². The van der Waals surface area contributed by atoms with Crippen molar-refractivity contribution in [1.82, 2.24) is 0 Å². The maximum absolute atomic E-state index is 14.1. The maximum Gasteiger partial charge on any atom is 0.345 e. The van der Waals surface area contributed by atoms with Crippen molar-refractivity contribution in [3.63, 3.8) is 0 Å². The molecule has 0 saturated carbocycles. The van der Waals surface area contributed by atoms with Gasteiger partial charge in [0.2, 0.25) is 0 Å². The zero-order valence-electron chi connectivity index (χ0n) is 22.2. The molecule has 0 aromatic heterocycles. The third-order valence-electron chi connectivity index (χ3n) is 6.37. The van der Waals surface area contributed by atoms with E-state index in [1.807, 2.05) is 56.3 Å². The van der Waals surface area contributed by atoms with Crippen LogP contribution >= 0.6 is 0 Å². The van der Waals surface area contributed by atoms with E-state index < -0.39 is 45.7 Å². The number of fused-ring (bicyclic) bond motifs is 1. The summed E-state index contributed by atoms with van der Waals surface area (Å²) in [7, 11) is -1.23. The Balaban J connectivity index is 1.33. The van der Waals surface area contributed by atoms with Gasteiger partial charge in [-0.2, -0.15) is 0 Å². The third-order valence-corrected chi connectivity index (χ3v) is 8.52. The van der Waals surface area contributed by atoms with Crippen molar-refractivity contribution in [3.05, 3.63) is 132 Å². The smallest absolute Gasteiger partial charge is 0.345 e. The van der Waals surface area contributed by atoms with E-state index in [0.29, 0.717) is 10.6 Å². The quantitative estimate of drug-likeness (QED) is 0.106. The van der Waals surface area contributed by atoms with Crippen LogP contribution < -0.4 is 4.74 Å². The Labute approximate surface area is 237 Å². The summed E-state index contributed by atoms with van der Waals surface area (Å²) in [6, 6.07) is 26.0. The molecule has 5 aromatic rings. The highest BCUT2D eigenvalue weighted by molar-refractivity contribution is 7.97. The van der Waals surface area contributed by atoms with Crippen LogP contribution in [0.1, 0.15) is 19.4 Å². The fourth-order valence-corrected chi connectivity index (χ4v) is 6.78. The van der Waals surface area contributed by atoms with Crippen molar-refractivity contribution in [3.8, 4) is 5.75 Å². The van der Waals surface area contributed by atoms with Crippen LogP contribution in [0.3, 0.4) is 0 Å². The summed E-state index contributed by atoms with van der Waals surface area (Å²) in [5.41, 5.74) is -0.0529. The van der Waals surface area contributed by atoms with Crippen LogP contribution in [0.2, 0.25) is 0 Å². The Morgan fingerprint density at radius 1 is 0.683 bits per heavy atom. The van der Waals surface area contributed by atoms with Crippen LogP contribution in [0.4, 0.5) is 17.6 Å². The number of carbonyl (C=O) groups is 1. The van der Waals surface area contributed by atoms with Crippen molar-refractivity contribution in [2.45, 2.75) is 34.1 Å². The largest absolute Gasteiger partial charge is 0.482 e. The molecule has 3 nitrogen and oxygen atoms in total. The molecular weight excluding hydrogens is 552 g/mol. The van der Waals surface area contributed by atoms with E-state index in [1.165, 1.54) is 0 Å². The van der Waals surface area contributed by atoms with Crippen molar-refractivity contribution >= 4 is 27.6 Å². The maximum atomic E-state index is 14.1. The van der Waals surface area contributed by atoms with Gasteiger partial charge in [0.1, 0.15) is 34.6 Å². The lowest BCUT2D eigenvalue weighted by Crippen LogP contribution is -2.28. The number of benzene rings is 5. The van der Waals surface area contributed by atoms with Gasteiger partial charge in [0.15, 0.2) is 21.3 Å². The van der Waals surface area contributed by atoms with Crippen LogP contribution in [0.25, 0.3) is 10.8 Å². The summed E-state index contributed by atoms with van der Waals surface area (Å²) in [5, 5.41) is 2.02. The van der Waals surface area contributed by atoms with Crippen LogP contribution in [-0.2, 0) is 26.0 Å². The fraction of sp³-hybridized carbons (Fsp3) is 0.121. The lowest BCUT2D eigenvalue weighted by Gasteiger charge is -2.27. The normalized spacial score (nSPS) is 11.6. The molecule has 0 spiro atoms. The summed E-state index contributed by atoms with van der Waals surface area (Å²) in [5.74, 6) is -3.46. The first-order chi connectivity index (χ1) is 19.6. The molecular formula is C33H25F4O3S+. The van der Waals surface area contributed by atoms with Crippen LogP contribution in [-0.4, -0.2) is 12.6 Å². The molecule has 0 atom stereocenters. The zero-order chi connectivity index (χ0) is 29.1. The van der Waals surface area contributed by atoms with Gasteiger partial charge in [-0.3, -0.25) is 0 Å². The fourth-order valence-electron chi connectivity index (χ4n) is 4.63. The van der Waals surface area contributed by atoms with Gasteiger partial charge in [-0.25, -0.2) is 22.4 Å². The molecule has 0 aliphatic rings. The standard InChI is InChI=1S/C33H25F4O3S/c1-33(2,31-9-5-7-21-6-3-4-8-30(21)31)40-32(38)20-39-26-10-12-27(13-11-26)41(28-16-22(34)14-23(35)17-28)29-18-24(36)15-25(37)19-29/h3-19H,20H2,1-2H3/q+1. The predicted molar refractivity (Wildman–Crippen MR) is 150 cm³/mol. The van der Waals surface area contributed by atoms with Gasteiger partial charge in [-0.15, -0.1) is 0 Å². The number of rotatable bonds is 8. The second-order valence-corrected chi connectivity index (χ2v) is 11.8. The number of carbonyl (C=O) groups excluding carboxylic acids is 1.